The smallest absolute Gasteiger partial charge is 0.410 e. The Morgan fingerprint density at radius 3 is 1.98 bits per heavy atom. The van der Waals surface area contributed by atoms with Crippen molar-refractivity contribution in [1.82, 2.24) is 25.4 Å². The fraction of sp³-hybridized carbons (Fsp3) is 0.409. The SMILES string of the molecule is CCCC[C@@H](C(=O)N[C@@H](CC(=O)OCc1ccccc1)C(=O)N[C@@H](Cc1ccccc1)C(N)=O)N(C)C(=O)[C@H](Cc1c[nH]c2ccccc12)N(C)C(=O)OC(C)(C)C. The molecule has 1 heterocycles. The van der Waals surface area contributed by atoms with Crippen molar-refractivity contribution < 1.29 is 38.2 Å². The predicted molar refractivity (Wildman–Crippen MR) is 220 cm³/mol. The number of H-pyrrole nitrogens is 1. The average Bonchev–Trinajstić information content (AvgIpc) is 3.60. The molecule has 4 atom stereocenters. The zero-order chi connectivity index (χ0) is 42.4. The summed E-state index contributed by atoms with van der Waals surface area (Å²) >= 11 is 0. The number of hydrogen-bond donors (Lipinski definition) is 4. The summed E-state index contributed by atoms with van der Waals surface area (Å²) in [6.45, 7) is 7.04. The maximum atomic E-state index is 14.6. The van der Waals surface area contributed by atoms with E-state index in [0.29, 0.717) is 12.8 Å². The molecular weight excluding hydrogens is 741 g/mol. The summed E-state index contributed by atoms with van der Waals surface area (Å²) in [6, 6.07) is 20.6. The van der Waals surface area contributed by atoms with Gasteiger partial charge in [0, 0.05) is 44.0 Å². The number of primary amides is 1. The first-order chi connectivity index (χ1) is 27.6. The monoisotopic (exact) mass is 796 g/mol. The highest BCUT2D eigenvalue weighted by atomic mass is 16.6. The molecule has 0 aliphatic heterocycles. The van der Waals surface area contributed by atoms with Gasteiger partial charge in [-0.1, -0.05) is 98.6 Å². The van der Waals surface area contributed by atoms with Gasteiger partial charge in [-0.2, -0.15) is 0 Å². The number of rotatable bonds is 19. The molecule has 1 aromatic heterocycles. The molecule has 4 aromatic rings. The highest BCUT2D eigenvalue weighted by Gasteiger charge is 2.38. The van der Waals surface area contributed by atoms with Crippen molar-refractivity contribution >= 4 is 46.6 Å². The van der Waals surface area contributed by atoms with Crippen LogP contribution in [0.25, 0.3) is 10.9 Å². The number of amides is 5. The molecule has 5 amide bonds. The lowest BCUT2D eigenvalue weighted by Gasteiger charge is -2.35. The Balaban J connectivity index is 1.63. The van der Waals surface area contributed by atoms with Gasteiger partial charge in [-0.3, -0.25) is 28.9 Å². The lowest BCUT2D eigenvalue weighted by Crippen LogP contribution is -2.59. The Labute approximate surface area is 339 Å². The molecule has 310 valence electrons. The number of ether oxygens (including phenoxy) is 2. The molecule has 5 N–H and O–H groups in total. The van der Waals surface area contributed by atoms with Crippen LogP contribution >= 0.6 is 0 Å². The average molecular weight is 797 g/mol. The summed E-state index contributed by atoms with van der Waals surface area (Å²) < 4.78 is 11.1. The quantitative estimate of drug-likeness (QED) is 0.0973. The zero-order valence-corrected chi connectivity index (χ0v) is 34.2. The number of aromatic nitrogens is 1. The molecule has 14 nitrogen and oxygen atoms in total. The van der Waals surface area contributed by atoms with Crippen LogP contribution in [-0.2, 0) is 52.9 Å². The van der Waals surface area contributed by atoms with E-state index in [4.69, 9.17) is 15.2 Å². The fourth-order valence-corrected chi connectivity index (χ4v) is 6.43. The third kappa shape index (κ3) is 12.9. The third-order valence-electron chi connectivity index (χ3n) is 9.66. The standard InChI is InChI=1S/C44H56N6O8/c1-7-8-23-36(49(5)42(55)37(50(6)43(56)58-44(2,3)4)25-31-27-46-33-22-16-15-21-32(31)33)41(54)48-35(26-38(51)57-28-30-19-13-10-14-20-30)40(53)47-34(39(45)52)24-29-17-11-9-12-18-29/h9-22,27,34-37,46H,7-8,23-26,28H2,1-6H3,(H2,45,52)(H,47,53)(H,48,54)/t34-,35-,36-,37-/m0/s1. The molecule has 4 rings (SSSR count). The number of unbranched alkanes of at least 4 members (excludes halogenated alkanes) is 1. The number of carbonyl (C=O) groups is 6. The minimum atomic E-state index is -1.51. The van der Waals surface area contributed by atoms with Crippen molar-refractivity contribution in [3.8, 4) is 0 Å². The molecule has 0 aliphatic rings. The molecule has 3 aromatic carbocycles. The van der Waals surface area contributed by atoms with Crippen LogP contribution in [0.3, 0.4) is 0 Å². The number of fused-ring (bicyclic) bond motifs is 1. The van der Waals surface area contributed by atoms with E-state index in [9.17, 15) is 28.8 Å². The van der Waals surface area contributed by atoms with Crippen molar-refractivity contribution in [1.29, 1.82) is 0 Å². The van der Waals surface area contributed by atoms with E-state index in [-0.39, 0.29) is 25.9 Å². The minimum absolute atomic E-state index is 0.0698. The van der Waals surface area contributed by atoms with Crippen LogP contribution < -0.4 is 16.4 Å². The first-order valence-electron chi connectivity index (χ1n) is 19.5. The van der Waals surface area contributed by atoms with Crippen molar-refractivity contribution in [3.63, 3.8) is 0 Å². The van der Waals surface area contributed by atoms with E-state index in [0.717, 1.165) is 27.6 Å². The summed E-state index contributed by atoms with van der Waals surface area (Å²) in [5, 5.41) is 6.16. The second kappa shape index (κ2) is 20.8. The molecule has 0 spiro atoms. The van der Waals surface area contributed by atoms with Gasteiger partial charge in [0.15, 0.2) is 0 Å². The molecule has 0 radical (unpaired) electrons. The largest absolute Gasteiger partial charge is 0.461 e. The second-order valence-corrected chi connectivity index (χ2v) is 15.3. The van der Waals surface area contributed by atoms with Crippen LogP contribution in [0.15, 0.2) is 91.1 Å². The predicted octanol–water partition coefficient (Wildman–Crippen LogP) is 4.79. The van der Waals surface area contributed by atoms with Gasteiger partial charge >= 0.3 is 12.1 Å². The molecule has 0 saturated heterocycles. The Morgan fingerprint density at radius 1 is 0.759 bits per heavy atom. The highest BCUT2D eigenvalue weighted by Crippen LogP contribution is 2.23. The summed E-state index contributed by atoms with van der Waals surface area (Å²) in [6.07, 6.45) is 2.06. The van der Waals surface area contributed by atoms with Crippen molar-refractivity contribution in [3.05, 3.63) is 108 Å². The Morgan fingerprint density at radius 2 is 1.36 bits per heavy atom. The topological polar surface area (TPSA) is 193 Å². The number of para-hydroxylation sites is 1. The van der Waals surface area contributed by atoms with Gasteiger partial charge in [-0.05, 0) is 49.9 Å². The van der Waals surface area contributed by atoms with Crippen LogP contribution in [0.4, 0.5) is 4.79 Å². The lowest BCUT2D eigenvalue weighted by molar-refractivity contribution is -0.148. The van der Waals surface area contributed by atoms with E-state index >= 15 is 0 Å². The van der Waals surface area contributed by atoms with Crippen molar-refractivity contribution in [2.45, 2.75) is 103 Å². The lowest BCUT2D eigenvalue weighted by atomic mass is 10.0. The summed E-state index contributed by atoms with van der Waals surface area (Å²) in [4.78, 5) is 87.8. The van der Waals surface area contributed by atoms with Gasteiger partial charge in [0.2, 0.25) is 23.6 Å². The number of hydrogen-bond acceptors (Lipinski definition) is 8. The Hall–Kier alpha value is -6.18. The first kappa shape index (κ1) is 44.5. The van der Waals surface area contributed by atoms with E-state index in [2.05, 4.69) is 15.6 Å². The van der Waals surface area contributed by atoms with Gasteiger partial charge < -0.3 is 35.7 Å². The molecule has 58 heavy (non-hydrogen) atoms. The molecule has 0 saturated carbocycles. The number of esters is 1. The molecule has 0 fully saturated rings. The van der Waals surface area contributed by atoms with Crippen LogP contribution in [-0.4, -0.2) is 94.3 Å². The van der Waals surface area contributed by atoms with Crippen molar-refractivity contribution in [2.24, 2.45) is 5.73 Å². The van der Waals surface area contributed by atoms with Crippen molar-refractivity contribution in [2.75, 3.05) is 14.1 Å². The van der Waals surface area contributed by atoms with Gasteiger partial charge in [0.25, 0.3) is 0 Å². The number of likely N-dealkylation sites (N-methyl/N-ethyl adjacent to an activating group) is 2. The maximum Gasteiger partial charge on any atom is 0.410 e. The van der Waals surface area contributed by atoms with Crippen LogP contribution in [0.5, 0.6) is 0 Å². The van der Waals surface area contributed by atoms with E-state index in [1.807, 2.05) is 43.3 Å². The third-order valence-corrected chi connectivity index (χ3v) is 9.66. The van der Waals surface area contributed by atoms with Gasteiger partial charge in [-0.15, -0.1) is 0 Å². The van der Waals surface area contributed by atoms with Gasteiger partial charge in [-0.25, -0.2) is 4.79 Å². The number of nitrogens with zero attached hydrogens (tertiary/aromatic N) is 2. The number of aromatic amines is 1. The molecule has 0 unspecified atom stereocenters. The Bertz CT molecular complexity index is 2010. The fourth-order valence-electron chi connectivity index (χ4n) is 6.43. The molecule has 0 aliphatic carbocycles. The summed E-state index contributed by atoms with van der Waals surface area (Å²) in [5.74, 6) is -3.69. The van der Waals surface area contributed by atoms with E-state index in [1.165, 1.54) is 23.9 Å². The molecule has 0 bridgehead atoms. The van der Waals surface area contributed by atoms with E-state index in [1.54, 1.807) is 75.5 Å². The van der Waals surface area contributed by atoms with Crippen LogP contribution in [0, 0.1) is 0 Å². The zero-order valence-electron chi connectivity index (χ0n) is 34.2. The van der Waals surface area contributed by atoms with E-state index < -0.39 is 71.9 Å². The summed E-state index contributed by atoms with van der Waals surface area (Å²) in [7, 11) is 2.95. The Kier molecular flexibility index (Phi) is 16.0. The highest BCUT2D eigenvalue weighted by molar-refractivity contribution is 5.97. The van der Waals surface area contributed by atoms with Gasteiger partial charge in [0.1, 0.15) is 36.4 Å². The molecule has 14 heteroatoms. The minimum Gasteiger partial charge on any atom is -0.461 e. The van der Waals surface area contributed by atoms with Crippen LogP contribution in [0.2, 0.25) is 0 Å². The number of carbonyl (C=O) groups excluding carboxylic acids is 6. The maximum absolute atomic E-state index is 14.6. The summed E-state index contributed by atoms with van der Waals surface area (Å²) in [5.41, 5.74) is 7.93. The van der Waals surface area contributed by atoms with Crippen LogP contribution in [0.1, 0.15) is 70.1 Å². The number of nitrogens with two attached hydrogens (primary N) is 1. The first-order valence-corrected chi connectivity index (χ1v) is 19.5. The van der Waals surface area contributed by atoms with Gasteiger partial charge in [0.05, 0.1) is 6.42 Å². The number of nitrogens with one attached hydrogen (secondary N) is 3. The molecular formula is C44H56N6O8. The number of benzene rings is 3. The normalized spacial score (nSPS) is 13.3. The second-order valence-electron chi connectivity index (χ2n) is 15.3.